The monoisotopic (exact) mass is 196 g/mol. The lowest BCUT2D eigenvalue weighted by Gasteiger charge is -2.15. The van der Waals surface area contributed by atoms with Crippen molar-refractivity contribution in [3.63, 3.8) is 0 Å². The van der Waals surface area contributed by atoms with Gasteiger partial charge in [0.1, 0.15) is 0 Å². The number of nitrogens with one attached hydrogen (secondary N) is 1. The van der Waals surface area contributed by atoms with E-state index in [4.69, 9.17) is 5.11 Å². The van der Waals surface area contributed by atoms with Gasteiger partial charge in [-0.1, -0.05) is 12.2 Å². The Morgan fingerprint density at radius 2 is 1.93 bits per heavy atom. The van der Waals surface area contributed by atoms with Gasteiger partial charge < -0.3 is 15.3 Å². The van der Waals surface area contributed by atoms with E-state index in [2.05, 4.69) is 18.5 Å². The van der Waals surface area contributed by atoms with Crippen LogP contribution < -0.4 is 5.32 Å². The Balaban J connectivity index is 3.81. The number of hydrogen-bond donors (Lipinski definition) is 2. The number of rotatable bonds is 7. The molecular weight excluding hydrogens is 180 g/mol. The zero-order valence-corrected chi connectivity index (χ0v) is 8.15. The summed E-state index contributed by atoms with van der Waals surface area (Å²) in [6.45, 7) is 8.98. The minimum absolute atomic E-state index is 0.306. The van der Waals surface area contributed by atoms with Gasteiger partial charge in [0.15, 0.2) is 0 Å². The normalized spacial score (nSPS) is 9.71. The SMILES string of the molecule is C=CCN(C=CCNC(=O)O)CC=C. The Labute approximate surface area is 84.2 Å². The fourth-order valence-corrected chi connectivity index (χ4v) is 0.876. The first-order valence-electron chi connectivity index (χ1n) is 4.30. The molecule has 0 aliphatic heterocycles. The molecule has 0 bridgehead atoms. The van der Waals surface area contributed by atoms with Crippen molar-refractivity contribution in [1.82, 2.24) is 10.2 Å². The first-order valence-corrected chi connectivity index (χ1v) is 4.30. The predicted octanol–water partition coefficient (Wildman–Crippen LogP) is 1.44. The molecular formula is C10H16N2O2. The second kappa shape index (κ2) is 7.91. The molecule has 0 spiro atoms. The molecule has 1 amide bonds. The predicted molar refractivity (Wildman–Crippen MR) is 57.1 cm³/mol. The van der Waals surface area contributed by atoms with E-state index in [1.807, 2.05) is 11.1 Å². The fourth-order valence-electron chi connectivity index (χ4n) is 0.876. The van der Waals surface area contributed by atoms with Crippen LogP contribution in [0.1, 0.15) is 0 Å². The quantitative estimate of drug-likeness (QED) is 0.606. The maximum Gasteiger partial charge on any atom is 0.404 e. The molecule has 0 aromatic rings. The third-order valence-electron chi connectivity index (χ3n) is 1.41. The van der Waals surface area contributed by atoms with Crippen molar-refractivity contribution in [2.45, 2.75) is 0 Å². The van der Waals surface area contributed by atoms with E-state index in [-0.39, 0.29) is 0 Å². The molecule has 0 saturated heterocycles. The molecule has 14 heavy (non-hydrogen) atoms. The van der Waals surface area contributed by atoms with Crippen molar-refractivity contribution in [2.24, 2.45) is 0 Å². The van der Waals surface area contributed by atoms with E-state index < -0.39 is 6.09 Å². The van der Waals surface area contributed by atoms with Crippen LogP contribution in [0.5, 0.6) is 0 Å². The van der Waals surface area contributed by atoms with Crippen LogP contribution in [0.25, 0.3) is 0 Å². The van der Waals surface area contributed by atoms with Gasteiger partial charge in [0, 0.05) is 19.6 Å². The molecule has 78 valence electrons. The van der Waals surface area contributed by atoms with E-state index >= 15 is 0 Å². The highest BCUT2D eigenvalue weighted by Gasteiger charge is 1.92. The van der Waals surface area contributed by atoms with Gasteiger partial charge in [-0.15, -0.1) is 13.2 Å². The fraction of sp³-hybridized carbons (Fsp3) is 0.300. The molecule has 0 aromatic heterocycles. The topological polar surface area (TPSA) is 52.6 Å². The van der Waals surface area contributed by atoms with E-state index in [1.54, 1.807) is 18.2 Å². The van der Waals surface area contributed by atoms with Gasteiger partial charge in [-0.25, -0.2) is 4.79 Å². The van der Waals surface area contributed by atoms with Crippen LogP contribution in [-0.4, -0.2) is 35.7 Å². The summed E-state index contributed by atoms with van der Waals surface area (Å²) in [6, 6.07) is 0. The summed E-state index contributed by atoms with van der Waals surface area (Å²) in [5, 5.41) is 10.5. The molecule has 0 atom stereocenters. The van der Waals surface area contributed by atoms with E-state index in [1.165, 1.54) is 0 Å². The summed E-state index contributed by atoms with van der Waals surface area (Å²) in [6.07, 6.45) is 6.09. The molecule has 4 heteroatoms. The average Bonchev–Trinajstić information content (AvgIpc) is 2.12. The van der Waals surface area contributed by atoms with Crippen molar-refractivity contribution in [2.75, 3.05) is 19.6 Å². The summed E-state index contributed by atoms with van der Waals surface area (Å²) in [5.41, 5.74) is 0. The molecule has 0 radical (unpaired) electrons. The van der Waals surface area contributed by atoms with Gasteiger partial charge in [-0.05, 0) is 12.3 Å². The summed E-state index contributed by atoms with van der Waals surface area (Å²) in [4.78, 5) is 12.1. The van der Waals surface area contributed by atoms with E-state index in [9.17, 15) is 4.79 Å². The zero-order valence-electron chi connectivity index (χ0n) is 8.15. The van der Waals surface area contributed by atoms with Crippen molar-refractivity contribution >= 4 is 6.09 Å². The van der Waals surface area contributed by atoms with Crippen LogP contribution in [0.15, 0.2) is 37.6 Å². The molecule has 0 saturated carbocycles. The minimum Gasteiger partial charge on any atom is -0.465 e. The number of nitrogens with zero attached hydrogens (tertiary/aromatic N) is 1. The molecule has 0 rings (SSSR count). The molecule has 0 aliphatic rings. The lowest BCUT2D eigenvalue weighted by Crippen LogP contribution is -2.22. The number of amides is 1. The van der Waals surface area contributed by atoms with E-state index in [0.717, 1.165) is 13.1 Å². The highest BCUT2D eigenvalue weighted by Crippen LogP contribution is 1.90. The highest BCUT2D eigenvalue weighted by atomic mass is 16.4. The second-order valence-corrected chi connectivity index (χ2v) is 2.60. The summed E-state index contributed by atoms with van der Waals surface area (Å²) >= 11 is 0. The largest absolute Gasteiger partial charge is 0.465 e. The maximum absolute atomic E-state index is 10.1. The van der Waals surface area contributed by atoms with Crippen LogP contribution in [0.3, 0.4) is 0 Å². The molecule has 2 N–H and O–H groups in total. The number of carboxylic acid groups (broad SMARTS) is 1. The zero-order chi connectivity index (χ0) is 10.8. The maximum atomic E-state index is 10.1. The Morgan fingerprint density at radius 3 is 2.36 bits per heavy atom. The van der Waals surface area contributed by atoms with Gasteiger partial charge in [-0.2, -0.15) is 0 Å². The smallest absolute Gasteiger partial charge is 0.404 e. The Hall–Kier alpha value is -1.71. The minimum atomic E-state index is -1.02. The lowest BCUT2D eigenvalue weighted by molar-refractivity contribution is 0.195. The van der Waals surface area contributed by atoms with Gasteiger partial charge in [0.25, 0.3) is 0 Å². The van der Waals surface area contributed by atoms with Gasteiger partial charge >= 0.3 is 6.09 Å². The Bertz CT molecular complexity index is 214. The molecule has 0 aliphatic carbocycles. The first-order chi connectivity index (χ1) is 6.70. The van der Waals surface area contributed by atoms with Crippen LogP contribution >= 0.6 is 0 Å². The molecule has 0 heterocycles. The van der Waals surface area contributed by atoms with E-state index in [0.29, 0.717) is 6.54 Å². The van der Waals surface area contributed by atoms with Crippen molar-refractivity contribution in [1.29, 1.82) is 0 Å². The summed E-state index contributed by atoms with van der Waals surface area (Å²) in [5.74, 6) is 0. The Kier molecular flexibility index (Phi) is 6.95. The Morgan fingerprint density at radius 1 is 1.36 bits per heavy atom. The third-order valence-corrected chi connectivity index (χ3v) is 1.41. The van der Waals surface area contributed by atoms with Crippen LogP contribution in [0, 0.1) is 0 Å². The van der Waals surface area contributed by atoms with Crippen LogP contribution in [0.2, 0.25) is 0 Å². The second-order valence-electron chi connectivity index (χ2n) is 2.60. The van der Waals surface area contributed by atoms with Crippen molar-refractivity contribution in [3.05, 3.63) is 37.6 Å². The lowest BCUT2D eigenvalue weighted by atomic mass is 10.4. The van der Waals surface area contributed by atoms with Gasteiger partial charge in [0.2, 0.25) is 0 Å². The average molecular weight is 196 g/mol. The van der Waals surface area contributed by atoms with Gasteiger partial charge in [-0.3, -0.25) is 0 Å². The van der Waals surface area contributed by atoms with Crippen LogP contribution in [0.4, 0.5) is 4.79 Å². The number of carbonyl (C=O) groups is 1. The highest BCUT2D eigenvalue weighted by molar-refractivity contribution is 5.64. The van der Waals surface area contributed by atoms with Crippen LogP contribution in [-0.2, 0) is 0 Å². The standard InChI is InChI=1S/C10H16N2O2/c1-3-7-12(8-4-2)9-5-6-11-10(13)14/h3-5,9,11H,1-2,6-8H2,(H,13,14). The van der Waals surface area contributed by atoms with Crippen molar-refractivity contribution < 1.29 is 9.90 Å². The molecule has 0 fully saturated rings. The summed E-state index contributed by atoms with van der Waals surface area (Å²) in [7, 11) is 0. The molecule has 4 nitrogen and oxygen atoms in total. The van der Waals surface area contributed by atoms with Gasteiger partial charge in [0.05, 0.1) is 0 Å². The molecule has 0 aromatic carbocycles. The third kappa shape index (κ3) is 6.97. The number of hydrogen-bond acceptors (Lipinski definition) is 2. The molecule has 0 unspecified atom stereocenters. The summed E-state index contributed by atoms with van der Waals surface area (Å²) < 4.78 is 0. The van der Waals surface area contributed by atoms with Crippen molar-refractivity contribution in [3.8, 4) is 0 Å². The first kappa shape index (κ1) is 12.3.